The van der Waals surface area contributed by atoms with Crippen molar-refractivity contribution in [3.63, 3.8) is 0 Å². The van der Waals surface area contributed by atoms with Gasteiger partial charge >= 0.3 is 0 Å². The van der Waals surface area contributed by atoms with Crippen molar-refractivity contribution in [3.05, 3.63) is 17.7 Å². The number of nitrogens with zero attached hydrogens (tertiary/aromatic N) is 1. The van der Waals surface area contributed by atoms with Crippen molar-refractivity contribution >= 4 is 21.5 Å². The van der Waals surface area contributed by atoms with Crippen LogP contribution in [0.3, 0.4) is 0 Å². The summed E-state index contributed by atoms with van der Waals surface area (Å²) in [6, 6.07) is 0.736. The summed E-state index contributed by atoms with van der Waals surface area (Å²) in [6.07, 6.45) is 0.365. The van der Waals surface area contributed by atoms with Crippen LogP contribution in [0.15, 0.2) is 6.07 Å². The Morgan fingerprint density at radius 2 is 2.00 bits per heavy atom. The third kappa shape index (κ3) is 3.17. The first-order chi connectivity index (χ1) is 9.25. The maximum Gasteiger partial charge on any atom is 0.168 e. The van der Waals surface area contributed by atoms with E-state index in [-0.39, 0.29) is 23.1 Å². The Hall–Kier alpha value is -1.44. The highest BCUT2D eigenvalue weighted by atomic mass is 32.2. The standard InChI is InChI=1S/C12H17F2N3O2S/c1-3-15-10-8(13)6-9(14)11(16-10)17-12(2)4-5-20(18,19)7-12/h6H,3-5,7H2,1-2H3,(H2,15,16,17). The molecular weight excluding hydrogens is 288 g/mol. The summed E-state index contributed by atoms with van der Waals surface area (Å²) in [7, 11) is -3.12. The molecule has 0 aliphatic carbocycles. The Labute approximate surface area is 116 Å². The average Bonchev–Trinajstić information content (AvgIpc) is 2.60. The van der Waals surface area contributed by atoms with Gasteiger partial charge in [-0.2, -0.15) is 0 Å². The van der Waals surface area contributed by atoms with E-state index in [1.54, 1.807) is 13.8 Å². The van der Waals surface area contributed by atoms with Gasteiger partial charge in [-0.3, -0.25) is 0 Å². The summed E-state index contributed by atoms with van der Waals surface area (Å²) < 4.78 is 50.2. The molecule has 0 spiro atoms. The number of aromatic nitrogens is 1. The number of pyridine rings is 1. The Bertz CT molecular complexity index is 621. The fourth-order valence-corrected chi connectivity index (χ4v) is 4.33. The van der Waals surface area contributed by atoms with E-state index in [9.17, 15) is 17.2 Å². The third-order valence-corrected chi connectivity index (χ3v) is 5.10. The van der Waals surface area contributed by atoms with Crippen molar-refractivity contribution in [1.82, 2.24) is 4.98 Å². The molecule has 2 N–H and O–H groups in total. The first kappa shape index (κ1) is 15.0. The van der Waals surface area contributed by atoms with Gasteiger partial charge in [-0.1, -0.05) is 0 Å². The van der Waals surface area contributed by atoms with E-state index < -0.39 is 27.0 Å². The third-order valence-electron chi connectivity index (χ3n) is 3.20. The normalized spacial score (nSPS) is 24.6. The molecule has 5 nitrogen and oxygen atoms in total. The number of rotatable bonds is 4. The molecule has 0 saturated carbocycles. The van der Waals surface area contributed by atoms with E-state index in [1.165, 1.54) is 0 Å². The van der Waals surface area contributed by atoms with Crippen LogP contribution in [-0.4, -0.2) is 37.0 Å². The maximum atomic E-state index is 13.7. The van der Waals surface area contributed by atoms with E-state index in [4.69, 9.17) is 0 Å². The summed E-state index contributed by atoms with van der Waals surface area (Å²) in [6.45, 7) is 3.90. The number of sulfone groups is 1. The van der Waals surface area contributed by atoms with Crippen LogP contribution in [0.25, 0.3) is 0 Å². The highest BCUT2D eigenvalue weighted by Crippen LogP contribution is 2.29. The Morgan fingerprint density at radius 1 is 1.35 bits per heavy atom. The largest absolute Gasteiger partial charge is 0.368 e. The smallest absolute Gasteiger partial charge is 0.168 e. The lowest BCUT2D eigenvalue weighted by atomic mass is 10.0. The summed E-state index contributed by atoms with van der Waals surface area (Å²) in [4.78, 5) is 3.85. The van der Waals surface area contributed by atoms with Gasteiger partial charge in [0.2, 0.25) is 0 Å². The van der Waals surface area contributed by atoms with Crippen LogP contribution in [0, 0.1) is 11.6 Å². The number of halogens is 2. The van der Waals surface area contributed by atoms with Crippen LogP contribution in [0.1, 0.15) is 20.3 Å². The van der Waals surface area contributed by atoms with Crippen LogP contribution in [0.4, 0.5) is 20.4 Å². The first-order valence-electron chi connectivity index (χ1n) is 6.33. The van der Waals surface area contributed by atoms with Crippen molar-refractivity contribution in [1.29, 1.82) is 0 Å². The number of anilines is 2. The number of nitrogens with one attached hydrogen (secondary N) is 2. The zero-order valence-electron chi connectivity index (χ0n) is 11.3. The minimum atomic E-state index is -3.12. The van der Waals surface area contributed by atoms with Gasteiger partial charge in [0.1, 0.15) is 0 Å². The molecule has 8 heteroatoms. The second-order valence-electron chi connectivity index (χ2n) is 5.21. The van der Waals surface area contributed by atoms with Crippen LogP contribution in [-0.2, 0) is 9.84 Å². The highest BCUT2D eigenvalue weighted by molar-refractivity contribution is 7.91. The lowest BCUT2D eigenvalue weighted by molar-refractivity contribution is 0.546. The minimum Gasteiger partial charge on any atom is -0.368 e. The van der Waals surface area contributed by atoms with Crippen LogP contribution < -0.4 is 10.6 Å². The van der Waals surface area contributed by atoms with Crippen molar-refractivity contribution in [2.45, 2.75) is 25.8 Å². The lowest BCUT2D eigenvalue weighted by Gasteiger charge is -2.25. The number of hydrogen-bond donors (Lipinski definition) is 2. The Balaban J connectivity index is 2.27. The van der Waals surface area contributed by atoms with E-state index in [1.807, 2.05) is 0 Å². The molecule has 1 aliphatic rings. The van der Waals surface area contributed by atoms with Crippen molar-refractivity contribution in [3.8, 4) is 0 Å². The van der Waals surface area contributed by atoms with Gasteiger partial charge in [0, 0.05) is 12.6 Å². The van der Waals surface area contributed by atoms with Gasteiger partial charge < -0.3 is 10.6 Å². The quantitative estimate of drug-likeness (QED) is 0.887. The van der Waals surface area contributed by atoms with Crippen LogP contribution >= 0.6 is 0 Å². The maximum absolute atomic E-state index is 13.7. The summed E-state index contributed by atoms with van der Waals surface area (Å²) in [5, 5.41) is 5.48. The van der Waals surface area contributed by atoms with Gasteiger partial charge in [-0.25, -0.2) is 22.2 Å². The molecule has 20 heavy (non-hydrogen) atoms. The average molecular weight is 305 g/mol. The Kier molecular flexibility index (Phi) is 3.86. The fourth-order valence-electron chi connectivity index (χ4n) is 2.24. The molecule has 112 valence electrons. The SMILES string of the molecule is CCNc1nc(NC2(C)CCS(=O)(=O)C2)c(F)cc1F. The molecule has 1 saturated heterocycles. The minimum absolute atomic E-state index is 0.0548. The molecule has 1 aromatic heterocycles. The van der Waals surface area contributed by atoms with Crippen LogP contribution in [0.2, 0.25) is 0 Å². The molecule has 1 atom stereocenters. The van der Waals surface area contributed by atoms with Crippen LogP contribution in [0.5, 0.6) is 0 Å². The zero-order chi connectivity index (χ0) is 15.0. The monoisotopic (exact) mass is 305 g/mol. The summed E-state index contributed by atoms with van der Waals surface area (Å²) in [5.41, 5.74) is -0.784. The topological polar surface area (TPSA) is 71.1 Å². The van der Waals surface area contributed by atoms with Gasteiger partial charge in [0.05, 0.1) is 17.0 Å². The molecule has 0 amide bonds. The molecule has 1 fully saturated rings. The molecular formula is C12H17F2N3O2S. The second-order valence-corrected chi connectivity index (χ2v) is 7.39. The molecule has 1 aromatic rings. The Morgan fingerprint density at radius 3 is 2.55 bits per heavy atom. The van der Waals surface area contributed by atoms with Gasteiger partial charge in [0.15, 0.2) is 33.1 Å². The van der Waals surface area contributed by atoms with E-state index >= 15 is 0 Å². The molecule has 2 rings (SSSR count). The van der Waals surface area contributed by atoms with Gasteiger partial charge in [-0.15, -0.1) is 0 Å². The zero-order valence-corrected chi connectivity index (χ0v) is 12.2. The summed E-state index contributed by atoms with van der Waals surface area (Å²) >= 11 is 0. The van der Waals surface area contributed by atoms with Crippen molar-refractivity contribution < 1.29 is 17.2 Å². The predicted molar refractivity (Wildman–Crippen MR) is 73.6 cm³/mol. The van der Waals surface area contributed by atoms with Gasteiger partial charge in [0.25, 0.3) is 0 Å². The van der Waals surface area contributed by atoms with Crippen molar-refractivity contribution in [2.75, 3.05) is 28.7 Å². The molecule has 0 aromatic carbocycles. The molecule has 0 radical (unpaired) electrons. The van der Waals surface area contributed by atoms with Crippen molar-refractivity contribution in [2.24, 2.45) is 0 Å². The second kappa shape index (κ2) is 5.16. The van der Waals surface area contributed by atoms with E-state index in [0.29, 0.717) is 13.0 Å². The molecule has 1 unspecified atom stereocenters. The van der Waals surface area contributed by atoms with E-state index in [0.717, 1.165) is 6.07 Å². The lowest BCUT2D eigenvalue weighted by Crippen LogP contribution is -2.36. The first-order valence-corrected chi connectivity index (χ1v) is 8.15. The summed E-state index contributed by atoms with van der Waals surface area (Å²) in [5.74, 6) is -1.84. The molecule has 1 aliphatic heterocycles. The molecule has 0 bridgehead atoms. The molecule has 2 heterocycles. The highest BCUT2D eigenvalue weighted by Gasteiger charge is 2.39. The van der Waals surface area contributed by atoms with E-state index in [2.05, 4.69) is 15.6 Å². The van der Waals surface area contributed by atoms with Gasteiger partial charge in [-0.05, 0) is 20.3 Å². The fraction of sp³-hybridized carbons (Fsp3) is 0.583. The number of hydrogen-bond acceptors (Lipinski definition) is 5. The predicted octanol–water partition coefficient (Wildman–Crippen LogP) is 1.78.